The molecule has 1 heterocycles. The Kier molecular flexibility index (Phi) is 5.47. The third-order valence-corrected chi connectivity index (χ3v) is 2.69. The van der Waals surface area contributed by atoms with Crippen molar-refractivity contribution in [3.05, 3.63) is 0 Å². The lowest BCUT2D eigenvalue weighted by molar-refractivity contribution is -0.137. The molecule has 0 fully saturated rings. The number of rotatable bonds is 6. The zero-order valence-corrected chi connectivity index (χ0v) is 11.2. The summed E-state index contributed by atoms with van der Waals surface area (Å²) in [6.45, 7) is 4.40. The fourth-order valence-electron chi connectivity index (χ4n) is 1.57. The van der Waals surface area contributed by atoms with Crippen LogP contribution in [0.4, 0.5) is 0 Å². The standard InChI is InChI=1S/C12H19N3O4/c1-8(2)5-6-13-10(16)7-15-11(17)4-3-9(14-15)12(18)19/h8H,3-7H2,1-2H3,(H,13,16)(H,18,19). The number of nitrogens with zero attached hydrogens (tertiary/aromatic N) is 2. The van der Waals surface area contributed by atoms with Crippen LogP contribution in [0.3, 0.4) is 0 Å². The Bertz CT molecular complexity index is 404. The van der Waals surface area contributed by atoms with Gasteiger partial charge in [0.15, 0.2) is 0 Å². The summed E-state index contributed by atoms with van der Waals surface area (Å²) in [5.74, 6) is -1.33. The Morgan fingerprint density at radius 1 is 1.42 bits per heavy atom. The first-order valence-electron chi connectivity index (χ1n) is 6.28. The SMILES string of the molecule is CC(C)CCNC(=O)CN1N=C(C(=O)O)CCC1=O. The number of amides is 2. The highest BCUT2D eigenvalue weighted by molar-refractivity contribution is 6.36. The van der Waals surface area contributed by atoms with Gasteiger partial charge >= 0.3 is 5.97 Å². The Hall–Kier alpha value is -1.92. The fraction of sp³-hybridized carbons (Fsp3) is 0.667. The lowest BCUT2D eigenvalue weighted by Gasteiger charge is -2.21. The molecule has 1 rings (SSSR count). The third-order valence-electron chi connectivity index (χ3n) is 2.69. The minimum atomic E-state index is -1.15. The molecule has 19 heavy (non-hydrogen) atoms. The van der Waals surface area contributed by atoms with Crippen molar-refractivity contribution in [3.63, 3.8) is 0 Å². The summed E-state index contributed by atoms with van der Waals surface area (Å²) in [5, 5.41) is 16.1. The molecule has 106 valence electrons. The van der Waals surface area contributed by atoms with Gasteiger partial charge in [0.25, 0.3) is 0 Å². The molecule has 0 aliphatic carbocycles. The van der Waals surface area contributed by atoms with Gasteiger partial charge in [-0.15, -0.1) is 0 Å². The van der Waals surface area contributed by atoms with Crippen molar-refractivity contribution in [1.82, 2.24) is 10.3 Å². The molecule has 0 spiro atoms. The highest BCUT2D eigenvalue weighted by atomic mass is 16.4. The van der Waals surface area contributed by atoms with Gasteiger partial charge in [0, 0.05) is 19.4 Å². The zero-order valence-electron chi connectivity index (χ0n) is 11.2. The average molecular weight is 269 g/mol. The van der Waals surface area contributed by atoms with E-state index < -0.39 is 5.97 Å². The van der Waals surface area contributed by atoms with Gasteiger partial charge in [0.2, 0.25) is 11.8 Å². The number of hydrogen-bond acceptors (Lipinski definition) is 4. The Morgan fingerprint density at radius 2 is 2.11 bits per heavy atom. The summed E-state index contributed by atoms with van der Waals surface area (Å²) in [5.41, 5.74) is -0.0884. The van der Waals surface area contributed by atoms with E-state index in [-0.39, 0.29) is 36.9 Å². The van der Waals surface area contributed by atoms with Gasteiger partial charge in [-0.3, -0.25) is 9.59 Å². The molecule has 7 nitrogen and oxygen atoms in total. The van der Waals surface area contributed by atoms with Crippen LogP contribution in [0.2, 0.25) is 0 Å². The molecule has 0 aromatic rings. The monoisotopic (exact) mass is 269 g/mol. The predicted molar refractivity (Wildman–Crippen MR) is 68.5 cm³/mol. The number of nitrogens with one attached hydrogen (secondary N) is 1. The molecule has 0 saturated heterocycles. The molecule has 0 atom stereocenters. The molecule has 0 radical (unpaired) electrons. The van der Waals surface area contributed by atoms with Crippen molar-refractivity contribution >= 4 is 23.5 Å². The lowest BCUT2D eigenvalue weighted by atomic mass is 10.1. The molecule has 0 aromatic heterocycles. The van der Waals surface area contributed by atoms with E-state index in [0.29, 0.717) is 12.5 Å². The molecule has 0 saturated carbocycles. The summed E-state index contributed by atoms with van der Waals surface area (Å²) < 4.78 is 0. The molecular weight excluding hydrogens is 250 g/mol. The van der Waals surface area contributed by atoms with Crippen molar-refractivity contribution in [3.8, 4) is 0 Å². The van der Waals surface area contributed by atoms with Crippen LogP contribution >= 0.6 is 0 Å². The van der Waals surface area contributed by atoms with E-state index in [9.17, 15) is 14.4 Å². The van der Waals surface area contributed by atoms with Crippen molar-refractivity contribution in [2.24, 2.45) is 11.0 Å². The van der Waals surface area contributed by atoms with Gasteiger partial charge in [0.05, 0.1) is 0 Å². The fourth-order valence-corrected chi connectivity index (χ4v) is 1.57. The second-order valence-corrected chi connectivity index (χ2v) is 4.84. The topological polar surface area (TPSA) is 99.1 Å². The van der Waals surface area contributed by atoms with Crippen LogP contribution in [0, 0.1) is 5.92 Å². The number of carbonyl (C=O) groups is 3. The second-order valence-electron chi connectivity index (χ2n) is 4.84. The molecule has 7 heteroatoms. The van der Waals surface area contributed by atoms with Crippen LogP contribution in [-0.4, -0.2) is 46.7 Å². The number of carboxylic acids is 1. The maximum Gasteiger partial charge on any atom is 0.352 e. The Labute approximate surface area is 111 Å². The number of hydrogen-bond donors (Lipinski definition) is 2. The van der Waals surface area contributed by atoms with Gasteiger partial charge in [-0.25, -0.2) is 9.80 Å². The van der Waals surface area contributed by atoms with Crippen LogP contribution in [0.15, 0.2) is 5.10 Å². The molecule has 2 amide bonds. The number of aliphatic carboxylic acids is 1. The molecule has 0 unspecified atom stereocenters. The first-order valence-corrected chi connectivity index (χ1v) is 6.28. The number of carbonyl (C=O) groups excluding carboxylic acids is 2. The summed E-state index contributed by atoms with van der Waals surface area (Å²) in [6, 6.07) is 0. The minimum absolute atomic E-state index is 0.0738. The van der Waals surface area contributed by atoms with Gasteiger partial charge in [-0.05, 0) is 12.3 Å². The van der Waals surface area contributed by atoms with E-state index in [1.165, 1.54) is 0 Å². The van der Waals surface area contributed by atoms with E-state index in [0.717, 1.165) is 11.4 Å². The van der Waals surface area contributed by atoms with E-state index in [4.69, 9.17) is 5.11 Å². The van der Waals surface area contributed by atoms with E-state index in [2.05, 4.69) is 10.4 Å². The summed E-state index contributed by atoms with van der Waals surface area (Å²) in [7, 11) is 0. The maximum absolute atomic E-state index is 11.6. The second kappa shape index (κ2) is 6.86. The van der Waals surface area contributed by atoms with Crippen molar-refractivity contribution in [2.45, 2.75) is 33.1 Å². The van der Waals surface area contributed by atoms with Crippen LogP contribution in [0.1, 0.15) is 33.1 Å². The van der Waals surface area contributed by atoms with Gasteiger partial charge in [-0.1, -0.05) is 13.8 Å². The lowest BCUT2D eigenvalue weighted by Crippen LogP contribution is -2.41. The number of hydrazone groups is 1. The molecule has 1 aliphatic rings. The smallest absolute Gasteiger partial charge is 0.352 e. The molecule has 1 aliphatic heterocycles. The van der Waals surface area contributed by atoms with Crippen molar-refractivity contribution in [2.75, 3.05) is 13.1 Å². The molecule has 0 bridgehead atoms. The molecule has 2 N–H and O–H groups in total. The third kappa shape index (κ3) is 5.07. The largest absolute Gasteiger partial charge is 0.477 e. The first-order chi connectivity index (χ1) is 8.90. The van der Waals surface area contributed by atoms with Gasteiger partial charge in [-0.2, -0.15) is 5.10 Å². The summed E-state index contributed by atoms with van der Waals surface area (Å²) >= 11 is 0. The Morgan fingerprint density at radius 3 is 2.68 bits per heavy atom. The van der Waals surface area contributed by atoms with E-state index in [1.807, 2.05) is 13.8 Å². The zero-order chi connectivity index (χ0) is 14.4. The van der Waals surface area contributed by atoms with Gasteiger partial charge in [0.1, 0.15) is 12.3 Å². The normalized spacial score (nSPS) is 15.4. The summed E-state index contributed by atoms with van der Waals surface area (Å²) in [4.78, 5) is 33.9. The quantitative estimate of drug-likeness (QED) is 0.720. The molecule has 0 aromatic carbocycles. The van der Waals surface area contributed by atoms with Crippen LogP contribution < -0.4 is 5.32 Å². The highest BCUT2D eigenvalue weighted by Crippen LogP contribution is 2.09. The Balaban J connectivity index is 2.50. The van der Waals surface area contributed by atoms with Crippen molar-refractivity contribution < 1.29 is 19.5 Å². The number of carboxylic acid groups (broad SMARTS) is 1. The van der Waals surface area contributed by atoms with E-state index in [1.54, 1.807) is 0 Å². The minimum Gasteiger partial charge on any atom is -0.477 e. The molecular formula is C12H19N3O4. The van der Waals surface area contributed by atoms with Crippen LogP contribution in [-0.2, 0) is 14.4 Å². The van der Waals surface area contributed by atoms with Gasteiger partial charge < -0.3 is 10.4 Å². The summed E-state index contributed by atoms with van der Waals surface area (Å²) in [6.07, 6.45) is 1.04. The van der Waals surface area contributed by atoms with Crippen molar-refractivity contribution in [1.29, 1.82) is 0 Å². The van der Waals surface area contributed by atoms with E-state index >= 15 is 0 Å². The first kappa shape index (κ1) is 15.1. The average Bonchev–Trinajstić information content (AvgIpc) is 2.31. The van der Waals surface area contributed by atoms with Crippen LogP contribution in [0.5, 0.6) is 0 Å². The predicted octanol–water partition coefficient (Wildman–Crippen LogP) is 0.212. The maximum atomic E-state index is 11.6. The highest BCUT2D eigenvalue weighted by Gasteiger charge is 2.25. The van der Waals surface area contributed by atoms with Crippen LogP contribution in [0.25, 0.3) is 0 Å².